The molecule has 1 saturated heterocycles. The molecule has 8 nitrogen and oxygen atoms in total. The number of rotatable bonds is 5. The third kappa shape index (κ3) is 4.62. The topological polar surface area (TPSA) is 78.8 Å². The highest BCUT2D eigenvalue weighted by atomic mass is 127. The van der Waals surface area contributed by atoms with Crippen molar-refractivity contribution in [3.63, 3.8) is 0 Å². The van der Waals surface area contributed by atoms with E-state index >= 15 is 0 Å². The van der Waals surface area contributed by atoms with Gasteiger partial charge in [0.05, 0.1) is 19.4 Å². The third-order valence-electron chi connectivity index (χ3n) is 5.26. The van der Waals surface area contributed by atoms with Gasteiger partial charge in [-0.2, -0.15) is 20.1 Å². The summed E-state index contributed by atoms with van der Waals surface area (Å²) in [6.07, 6.45) is 2.74. The minimum Gasteiger partial charge on any atom is -0.378 e. The summed E-state index contributed by atoms with van der Waals surface area (Å²) in [4.78, 5) is 18.4. The number of morpholine rings is 1. The molecule has 0 atom stereocenters. The lowest BCUT2D eigenvalue weighted by Gasteiger charge is -2.28. The van der Waals surface area contributed by atoms with Crippen LogP contribution in [0.4, 0.5) is 23.5 Å². The quantitative estimate of drug-likeness (QED) is 0.310. The van der Waals surface area contributed by atoms with E-state index in [0.29, 0.717) is 31.1 Å². The molecule has 3 aromatic rings. The summed E-state index contributed by atoms with van der Waals surface area (Å²) in [5, 5.41) is 4.36. The van der Waals surface area contributed by atoms with E-state index in [2.05, 4.69) is 77.2 Å². The number of benzene rings is 2. The Kier molecular flexibility index (Phi) is 5.94. The smallest absolute Gasteiger partial charge is 0.250 e. The van der Waals surface area contributed by atoms with Gasteiger partial charge < -0.3 is 14.5 Å². The Labute approximate surface area is 194 Å². The van der Waals surface area contributed by atoms with Crippen LogP contribution in [-0.2, 0) is 11.2 Å². The first kappa shape index (κ1) is 20.1. The van der Waals surface area contributed by atoms with E-state index in [4.69, 9.17) is 9.72 Å². The van der Waals surface area contributed by atoms with Gasteiger partial charge in [-0.25, -0.2) is 5.43 Å². The highest BCUT2D eigenvalue weighted by Crippen LogP contribution is 2.33. The first-order valence-electron chi connectivity index (χ1n) is 10.3. The van der Waals surface area contributed by atoms with E-state index in [9.17, 15) is 0 Å². The van der Waals surface area contributed by atoms with Crippen LogP contribution in [0.25, 0.3) is 0 Å². The number of hydrazone groups is 1. The molecule has 0 radical (unpaired) electrons. The number of anilines is 4. The molecule has 9 heteroatoms. The van der Waals surface area contributed by atoms with Gasteiger partial charge in [-0.15, -0.1) is 0 Å². The van der Waals surface area contributed by atoms with Gasteiger partial charge in [0.25, 0.3) is 0 Å². The molecule has 2 aromatic carbocycles. The molecule has 1 aromatic heterocycles. The van der Waals surface area contributed by atoms with Crippen LogP contribution in [0.3, 0.4) is 0 Å². The zero-order valence-electron chi connectivity index (χ0n) is 16.9. The van der Waals surface area contributed by atoms with Crippen LogP contribution in [0.2, 0.25) is 0 Å². The van der Waals surface area contributed by atoms with E-state index in [-0.39, 0.29) is 0 Å². The maximum atomic E-state index is 5.49. The minimum absolute atomic E-state index is 0.428. The summed E-state index contributed by atoms with van der Waals surface area (Å²) in [5.41, 5.74) is 6.47. The van der Waals surface area contributed by atoms with Gasteiger partial charge in [-0.1, -0.05) is 30.3 Å². The maximum Gasteiger partial charge on any atom is 0.250 e. The summed E-state index contributed by atoms with van der Waals surface area (Å²) in [6, 6.07) is 16.5. The van der Waals surface area contributed by atoms with Crippen molar-refractivity contribution in [3.05, 3.63) is 63.2 Å². The molecule has 0 unspecified atom stereocenters. The van der Waals surface area contributed by atoms with E-state index in [1.165, 1.54) is 5.56 Å². The van der Waals surface area contributed by atoms with Gasteiger partial charge in [0, 0.05) is 28.9 Å². The van der Waals surface area contributed by atoms with Crippen molar-refractivity contribution in [1.29, 1.82) is 0 Å². The molecule has 0 spiro atoms. The van der Waals surface area contributed by atoms with E-state index in [1.54, 1.807) is 6.21 Å². The maximum absolute atomic E-state index is 5.49. The van der Waals surface area contributed by atoms with Crippen molar-refractivity contribution in [2.24, 2.45) is 5.10 Å². The number of halogens is 1. The molecular formula is C22H22IN7O. The van der Waals surface area contributed by atoms with Crippen molar-refractivity contribution in [2.45, 2.75) is 6.42 Å². The lowest BCUT2D eigenvalue weighted by molar-refractivity contribution is 0.122. The number of hydrogen-bond donors (Lipinski definition) is 1. The fourth-order valence-corrected chi connectivity index (χ4v) is 4.29. The van der Waals surface area contributed by atoms with Crippen LogP contribution < -0.4 is 15.2 Å². The van der Waals surface area contributed by atoms with Crippen LogP contribution in [0.15, 0.2) is 53.6 Å². The molecule has 0 aliphatic carbocycles. The standard InChI is InChI=1S/C22H22IN7O/c23-18-6-3-4-16(14-18)15-24-28-20-25-21(29-10-12-31-13-11-29)27-22(26-20)30-9-8-17-5-1-2-7-19(17)30/h1-7,14-15H,8-13H2,(H,25,26,27,28)/b24-15+. The van der Waals surface area contributed by atoms with Crippen LogP contribution in [0.5, 0.6) is 0 Å². The fraction of sp³-hybridized carbons (Fsp3) is 0.273. The fourth-order valence-electron chi connectivity index (χ4n) is 3.73. The molecule has 2 aliphatic heterocycles. The second kappa shape index (κ2) is 9.15. The van der Waals surface area contributed by atoms with Gasteiger partial charge in [0.1, 0.15) is 0 Å². The SMILES string of the molecule is Ic1cccc(/C=N/Nc2nc(N3CCOCC3)nc(N3CCc4ccccc43)n2)c1. The first-order chi connectivity index (χ1) is 15.3. The van der Waals surface area contributed by atoms with E-state index in [1.807, 2.05) is 24.3 Å². The summed E-state index contributed by atoms with van der Waals surface area (Å²) in [7, 11) is 0. The van der Waals surface area contributed by atoms with Crippen molar-refractivity contribution in [1.82, 2.24) is 15.0 Å². The second-order valence-electron chi connectivity index (χ2n) is 7.31. The van der Waals surface area contributed by atoms with Crippen LogP contribution in [0.1, 0.15) is 11.1 Å². The molecule has 1 fully saturated rings. The Balaban J connectivity index is 1.45. The van der Waals surface area contributed by atoms with Crippen molar-refractivity contribution >= 4 is 52.3 Å². The number of ether oxygens (including phenoxy) is 1. The molecular weight excluding hydrogens is 505 g/mol. The summed E-state index contributed by atoms with van der Waals surface area (Å²) in [6.45, 7) is 3.69. The average Bonchev–Trinajstić information content (AvgIpc) is 3.24. The van der Waals surface area contributed by atoms with Crippen LogP contribution in [-0.4, -0.2) is 54.0 Å². The normalized spacial score (nSPS) is 16.0. The summed E-state index contributed by atoms with van der Waals surface area (Å²) in [5.74, 6) is 1.70. The molecule has 2 aliphatic rings. The molecule has 158 valence electrons. The lowest BCUT2D eigenvalue weighted by Crippen LogP contribution is -2.37. The van der Waals surface area contributed by atoms with Gasteiger partial charge in [-0.05, 0) is 58.3 Å². The third-order valence-corrected chi connectivity index (χ3v) is 5.93. The largest absolute Gasteiger partial charge is 0.378 e. The number of nitrogens with one attached hydrogen (secondary N) is 1. The molecule has 3 heterocycles. The molecule has 0 saturated carbocycles. The van der Waals surface area contributed by atoms with Crippen LogP contribution >= 0.6 is 22.6 Å². The van der Waals surface area contributed by atoms with Crippen molar-refractivity contribution < 1.29 is 4.74 Å². The molecule has 5 rings (SSSR count). The van der Waals surface area contributed by atoms with Crippen molar-refractivity contribution in [3.8, 4) is 0 Å². The lowest BCUT2D eigenvalue weighted by atomic mass is 10.2. The molecule has 0 amide bonds. The Bertz CT molecular complexity index is 1100. The number of para-hydroxylation sites is 1. The zero-order chi connectivity index (χ0) is 21.0. The second-order valence-corrected chi connectivity index (χ2v) is 8.56. The number of fused-ring (bicyclic) bond motifs is 1. The number of hydrogen-bond acceptors (Lipinski definition) is 8. The summed E-state index contributed by atoms with van der Waals surface area (Å²) >= 11 is 2.29. The Morgan fingerprint density at radius 2 is 1.81 bits per heavy atom. The first-order valence-corrected chi connectivity index (χ1v) is 11.3. The van der Waals surface area contributed by atoms with Gasteiger partial charge >= 0.3 is 0 Å². The zero-order valence-corrected chi connectivity index (χ0v) is 19.1. The summed E-state index contributed by atoms with van der Waals surface area (Å²) < 4.78 is 6.65. The molecule has 31 heavy (non-hydrogen) atoms. The number of aromatic nitrogens is 3. The highest BCUT2D eigenvalue weighted by Gasteiger charge is 2.24. The van der Waals surface area contributed by atoms with Gasteiger partial charge in [0.15, 0.2) is 0 Å². The van der Waals surface area contributed by atoms with Crippen LogP contribution in [0, 0.1) is 3.57 Å². The van der Waals surface area contributed by atoms with Crippen molar-refractivity contribution in [2.75, 3.05) is 48.1 Å². The predicted molar refractivity (Wildman–Crippen MR) is 130 cm³/mol. The van der Waals surface area contributed by atoms with Gasteiger partial charge in [-0.3, -0.25) is 0 Å². The number of nitrogens with zero attached hydrogens (tertiary/aromatic N) is 6. The Morgan fingerprint density at radius 3 is 2.68 bits per heavy atom. The van der Waals surface area contributed by atoms with E-state index in [0.717, 1.165) is 40.9 Å². The highest BCUT2D eigenvalue weighted by molar-refractivity contribution is 14.1. The minimum atomic E-state index is 0.428. The molecule has 0 bridgehead atoms. The predicted octanol–water partition coefficient (Wildman–Crippen LogP) is 3.45. The monoisotopic (exact) mass is 527 g/mol. The van der Waals surface area contributed by atoms with Gasteiger partial charge in [0.2, 0.25) is 17.8 Å². The van der Waals surface area contributed by atoms with E-state index < -0.39 is 0 Å². The molecule has 1 N–H and O–H groups in total. The Morgan fingerprint density at radius 1 is 0.968 bits per heavy atom. The Hall–Kier alpha value is -2.79. The average molecular weight is 527 g/mol.